The lowest BCUT2D eigenvalue weighted by molar-refractivity contribution is 0.499. The van der Waals surface area contributed by atoms with Gasteiger partial charge in [-0.15, -0.1) is 0 Å². The molecule has 2 aromatic rings. The van der Waals surface area contributed by atoms with Crippen molar-refractivity contribution in [2.24, 2.45) is 0 Å². The van der Waals surface area contributed by atoms with E-state index >= 15 is 0 Å². The molecule has 0 atom stereocenters. The van der Waals surface area contributed by atoms with E-state index in [1.807, 2.05) is 12.1 Å². The molecule has 1 aliphatic heterocycles. The molecule has 0 unspecified atom stereocenters. The molecular formula is C14H16FN3. The maximum absolute atomic E-state index is 13.2. The van der Waals surface area contributed by atoms with Gasteiger partial charge in [0.1, 0.15) is 11.6 Å². The van der Waals surface area contributed by atoms with Crippen LogP contribution in [0.15, 0.2) is 36.5 Å². The summed E-state index contributed by atoms with van der Waals surface area (Å²) in [6, 6.07) is 8.98. The number of nitrogens with zero attached hydrogens (tertiary/aromatic N) is 2. The van der Waals surface area contributed by atoms with Crippen molar-refractivity contribution >= 4 is 5.82 Å². The number of piperidine rings is 1. The van der Waals surface area contributed by atoms with E-state index in [9.17, 15) is 4.39 Å². The van der Waals surface area contributed by atoms with Gasteiger partial charge in [-0.3, -0.25) is 5.10 Å². The summed E-state index contributed by atoms with van der Waals surface area (Å²) in [6.45, 7) is 1.98. The van der Waals surface area contributed by atoms with Gasteiger partial charge in [0.15, 0.2) is 0 Å². The van der Waals surface area contributed by atoms with Crippen LogP contribution in [0.25, 0.3) is 0 Å². The summed E-state index contributed by atoms with van der Waals surface area (Å²) in [4.78, 5) is 2.29. The zero-order valence-electron chi connectivity index (χ0n) is 10.1. The van der Waals surface area contributed by atoms with Crippen molar-refractivity contribution in [3.05, 3.63) is 47.9 Å². The van der Waals surface area contributed by atoms with Gasteiger partial charge in [0.05, 0.1) is 6.20 Å². The van der Waals surface area contributed by atoms with Crippen molar-refractivity contribution in [3.63, 3.8) is 0 Å². The number of rotatable bonds is 2. The Morgan fingerprint density at radius 2 is 2.06 bits per heavy atom. The van der Waals surface area contributed by atoms with E-state index in [2.05, 4.69) is 15.1 Å². The van der Waals surface area contributed by atoms with Crippen LogP contribution in [0.2, 0.25) is 0 Å². The number of hydrogen-bond acceptors (Lipinski definition) is 2. The Kier molecular flexibility index (Phi) is 3.00. The molecule has 1 saturated heterocycles. The molecule has 0 saturated carbocycles. The minimum absolute atomic E-state index is 0.136. The minimum atomic E-state index is -0.136. The molecule has 3 rings (SSSR count). The van der Waals surface area contributed by atoms with Gasteiger partial charge in [-0.05, 0) is 36.5 Å². The Bertz CT molecular complexity index is 502. The van der Waals surface area contributed by atoms with E-state index < -0.39 is 0 Å². The average Bonchev–Trinajstić information content (AvgIpc) is 2.93. The number of H-pyrrole nitrogens is 1. The number of hydrogen-bond donors (Lipinski definition) is 1. The Labute approximate surface area is 106 Å². The maximum atomic E-state index is 13.2. The molecular weight excluding hydrogens is 229 g/mol. The third-order valence-electron chi connectivity index (χ3n) is 3.64. The molecule has 4 heteroatoms. The first kappa shape index (κ1) is 11.3. The van der Waals surface area contributed by atoms with Crippen LogP contribution < -0.4 is 4.90 Å². The lowest BCUT2D eigenvalue weighted by Crippen LogP contribution is -2.33. The van der Waals surface area contributed by atoms with Crippen molar-refractivity contribution in [1.29, 1.82) is 0 Å². The second-order valence-corrected chi connectivity index (χ2v) is 4.76. The highest BCUT2D eigenvalue weighted by Gasteiger charge is 2.21. The molecule has 1 N–H and O–H groups in total. The first-order valence-electron chi connectivity index (χ1n) is 6.33. The molecule has 3 nitrogen and oxygen atoms in total. The predicted molar refractivity (Wildman–Crippen MR) is 69.2 cm³/mol. The SMILES string of the molecule is Fc1cccc(C2CCN(c3ccn[nH]3)CC2)c1. The van der Waals surface area contributed by atoms with Gasteiger partial charge in [0, 0.05) is 19.2 Å². The molecule has 0 amide bonds. The smallest absolute Gasteiger partial charge is 0.123 e. The Morgan fingerprint density at radius 3 is 2.72 bits per heavy atom. The monoisotopic (exact) mass is 245 g/mol. The predicted octanol–water partition coefficient (Wildman–Crippen LogP) is 2.93. The highest BCUT2D eigenvalue weighted by atomic mass is 19.1. The van der Waals surface area contributed by atoms with Crippen LogP contribution in [0, 0.1) is 5.82 Å². The van der Waals surface area contributed by atoms with Crippen LogP contribution in [0.3, 0.4) is 0 Å². The number of benzene rings is 1. The van der Waals surface area contributed by atoms with Crippen LogP contribution in [0.4, 0.5) is 10.2 Å². The van der Waals surface area contributed by atoms with Gasteiger partial charge in [0.2, 0.25) is 0 Å². The zero-order chi connectivity index (χ0) is 12.4. The van der Waals surface area contributed by atoms with Crippen LogP contribution in [-0.4, -0.2) is 23.3 Å². The van der Waals surface area contributed by atoms with Crippen molar-refractivity contribution in [2.45, 2.75) is 18.8 Å². The first-order chi connectivity index (χ1) is 8.83. The lowest BCUT2D eigenvalue weighted by atomic mass is 9.89. The second-order valence-electron chi connectivity index (χ2n) is 4.76. The van der Waals surface area contributed by atoms with E-state index in [-0.39, 0.29) is 5.82 Å². The summed E-state index contributed by atoms with van der Waals surface area (Å²) in [6.07, 6.45) is 3.89. The fourth-order valence-electron chi connectivity index (χ4n) is 2.64. The van der Waals surface area contributed by atoms with Crippen LogP contribution in [0.1, 0.15) is 24.3 Å². The van der Waals surface area contributed by atoms with Gasteiger partial charge in [-0.2, -0.15) is 5.10 Å². The summed E-state index contributed by atoms with van der Waals surface area (Å²) in [7, 11) is 0. The normalized spacial score (nSPS) is 17.1. The Hall–Kier alpha value is -1.84. The molecule has 94 valence electrons. The van der Waals surface area contributed by atoms with Crippen LogP contribution in [-0.2, 0) is 0 Å². The van der Waals surface area contributed by atoms with Crippen molar-refractivity contribution < 1.29 is 4.39 Å². The highest BCUT2D eigenvalue weighted by molar-refractivity contribution is 5.37. The van der Waals surface area contributed by atoms with E-state index in [1.54, 1.807) is 18.3 Å². The van der Waals surface area contributed by atoms with E-state index in [0.29, 0.717) is 5.92 Å². The standard InChI is InChI=1S/C14H16FN3/c15-13-3-1-2-12(10-13)11-5-8-18(9-6-11)14-4-7-16-17-14/h1-4,7,10-11H,5-6,8-9H2,(H,16,17). The van der Waals surface area contributed by atoms with Gasteiger partial charge >= 0.3 is 0 Å². The second kappa shape index (κ2) is 4.80. The number of halogens is 1. The van der Waals surface area contributed by atoms with Gasteiger partial charge in [-0.1, -0.05) is 12.1 Å². The number of nitrogens with one attached hydrogen (secondary N) is 1. The van der Waals surface area contributed by atoms with Crippen LogP contribution in [0.5, 0.6) is 0 Å². The summed E-state index contributed by atoms with van der Waals surface area (Å²) >= 11 is 0. The number of aromatic nitrogens is 2. The van der Waals surface area contributed by atoms with Gasteiger partial charge < -0.3 is 4.90 Å². The molecule has 1 fully saturated rings. The van der Waals surface area contributed by atoms with Gasteiger partial charge in [0.25, 0.3) is 0 Å². The summed E-state index contributed by atoms with van der Waals surface area (Å²) < 4.78 is 13.2. The number of aromatic amines is 1. The minimum Gasteiger partial charge on any atom is -0.357 e. The lowest BCUT2D eigenvalue weighted by Gasteiger charge is -2.32. The zero-order valence-corrected chi connectivity index (χ0v) is 10.1. The molecule has 0 radical (unpaired) electrons. The summed E-state index contributed by atoms with van der Waals surface area (Å²) in [5.74, 6) is 1.41. The quantitative estimate of drug-likeness (QED) is 0.882. The van der Waals surface area contributed by atoms with Crippen molar-refractivity contribution in [2.75, 3.05) is 18.0 Å². The molecule has 1 aromatic heterocycles. The average molecular weight is 245 g/mol. The highest BCUT2D eigenvalue weighted by Crippen LogP contribution is 2.29. The maximum Gasteiger partial charge on any atom is 0.123 e. The van der Waals surface area contributed by atoms with E-state index in [1.165, 1.54) is 6.07 Å². The third-order valence-corrected chi connectivity index (χ3v) is 3.64. The Balaban J connectivity index is 1.67. The molecule has 1 aromatic carbocycles. The topological polar surface area (TPSA) is 31.9 Å². The molecule has 1 aliphatic rings. The molecule has 18 heavy (non-hydrogen) atoms. The first-order valence-corrected chi connectivity index (χ1v) is 6.33. The number of anilines is 1. The third kappa shape index (κ3) is 2.23. The van der Waals surface area contributed by atoms with Crippen molar-refractivity contribution in [1.82, 2.24) is 10.2 Å². The van der Waals surface area contributed by atoms with Crippen LogP contribution >= 0.6 is 0 Å². The van der Waals surface area contributed by atoms with Gasteiger partial charge in [-0.25, -0.2) is 4.39 Å². The molecule has 2 heterocycles. The van der Waals surface area contributed by atoms with Crippen molar-refractivity contribution in [3.8, 4) is 0 Å². The molecule has 0 aliphatic carbocycles. The Morgan fingerprint density at radius 1 is 1.22 bits per heavy atom. The molecule has 0 bridgehead atoms. The fraction of sp³-hybridized carbons (Fsp3) is 0.357. The van der Waals surface area contributed by atoms with E-state index in [0.717, 1.165) is 37.3 Å². The summed E-state index contributed by atoms with van der Waals surface area (Å²) in [5.41, 5.74) is 1.12. The summed E-state index contributed by atoms with van der Waals surface area (Å²) in [5, 5.41) is 6.96. The largest absolute Gasteiger partial charge is 0.357 e. The fourth-order valence-corrected chi connectivity index (χ4v) is 2.64. The molecule has 0 spiro atoms. The van der Waals surface area contributed by atoms with E-state index in [4.69, 9.17) is 0 Å².